The lowest BCUT2D eigenvalue weighted by Gasteiger charge is -2.19. The van der Waals surface area contributed by atoms with Crippen LogP contribution in [0.5, 0.6) is 5.75 Å². The zero-order chi connectivity index (χ0) is 13.1. The second-order valence-corrected chi connectivity index (χ2v) is 5.53. The van der Waals surface area contributed by atoms with E-state index >= 15 is 0 Å². The Morgan fingerprint density at radius 2 is 2.28 bits per heavy atom. The van der Waals surface area contributed by atoms with Crippen molar-refractivity contribution in [2.45, 2.75) is 25.3 Å². The van der Waals surface area contributed by atoms with E-state index in [1.807, 2.05) is 0 Å². The maximum atomic E-state index is 12.0. The van der Waals surface area contributed by atoms with Gasteiger partial charge in [-0.25, -0.2) is 0 Å². The number of carbonyl (C=O) groups excluding carboxylic acids is 1. The lowest BCUT2D eigenvalue weighted by molar-refractivity contribution is 0.0928. The Kier molecular flexibility index (Phi) is 4.24. The summed E-state index contributed by atoms with van der Waals surface area (Å²) in [6, 6.07) is 4.98. The third-order valence-corrected chi connectivity index (χ3v) is 4.16. The summed E-state index contributed by atoms with van der Waals surface area (Å²) >= 11 is 3.19. The molecule has 0 heterocycles. The zero-order valence-corrected chi connectivity index (χ0v) is 11.6. The summed E-state index contributed by atoms with van der Waals surface area (Å²) in [5, 5.41) is 12.6. The molecule has 2 rings (SSSR count). The maximum absolute atomic E-state index is 12.0. The first kappa shape index (κ1) is 13.4. The molecule has 2 unspecified atom stereocenters. The Balaban J connectivity index is 2.05. The van der Waals surface area contributed by atoms with Gasteiger partial charge in [-0.3, -0.25) is 4.79 Å². The topological polar surface area (TPSA) is 75.3 Å². The van der Waals surface area contributed by atoms with Crippen molar-refractivity contribution >= 4 is 21.8 Å². The largest absolute Gasteiger partial charge is 0.507 e. The molecule has 1 aromatic rings. The summed E-state index contributed by atoms with van der Waals surface area (Å²) in [7, 11) is 0. The zero-order valence-electron chi connectivity index (χ0n) is 10.0. The van der Waals surface area contributed by atoms with Crippen molar-refractivity contribution in [1.82, 2.24) is 5.32 Å². The van der Waals surface area contributed by atoms with Crippen LogP contribution in [0, 0.1) is 5.92 Å². The van der Waals surface area contributed by atoms with Gasteiger partial charge in [-0.05, 0) is 59.4 Å². The molecule has 0 bridgehead atoms. The molecule has 98 valence electrons. The van der Waals surface area contributed by atoms with Crippen LogP contribution in [-0.4, -0.2) is 23.6 Å². The van der Waals surface area contributed by atoms with Crippen LogP contribution < -0.4 is 11.1 Å². The molecule has 18 heavy (non-hydrogen) atoms. The van der Waals surface area contributed by atoms with Crippen molar-refractivity contribution in [2.24, 2.45) is 11.7 Å². The number of benzene rings is 1. The number of hydrogen-bond acceptors (Lipinski definition) is 3. The molecular weight excluding hydrogens is 296 g/mol. The summed E-state index contributed by atoms with van der Waals surface area (Å²) < 4.78 is 0.583. The van der Waals surface area contributed by atoms with Crippen LogP contribution in [0.15, 0.2) is 22.7 Å². The van der Waals surface area contributed by atoms with Crippen molar-refractivity contribution in [1.29, 1.82) is 0 Å². The second-order valence-electron chi connectivity index (χ2n) is 4.67. The van der Waals surface area contributed by atoms with E-state index in [1.165, 1.54) is 6.07 Å². The van der Waals surface area contributed by atoms with Crippen molar-refractivity contribution < 1.29 is 9.90 Å². The van der Waals surface area contributed by atoms with E-state index in [9.17, 15) is 9.90 Å². The Bertz CT molecular complexity index is 451. The predicted molar refractivity (Wildman–Crippen MR) is 73.5 cm³/mol. The molecule has 0 aliphatic heterocycles. The molecule has 1 fully saturated rings. The molecular formula is C13H17BrN2O2. The summed E-state index contributed by atoms with van der Waals surface area (Å²) in [5.74, 6) is 0.297. The van der Waals surface area contributed by atoms with Gasteiger partial charge in [0.2, 0.25) is 0 Å². The third kappa shape index (κ3) is 2.84. The van der Waals surface area contributed by atoms with Gasteiger partial charge in [0.25, 0.3) is 5.91 Å². The van der Waals surface area contributed by atoms with Gasteiger partial charge in [-0.15, -0.1) is 0 Å². The first-order valence-corrected chi connectivity index (χ1v) is 6.90. The monoisotopic (exact) mass is 312 g/mol. The molecule has 0 radical (unpaired) electrons. The number of halogens is 1. The van der Waals surface area contributed by atoms with Crippen molar-refractivity contribution in [3.63, 3.8) is 0 Å². The number of aromatic hydroxyl groups is 1. The number of rotatable bonds is 3. The fourth-order valence-electron chi connectivity index (χ4n) is 2.41. The molecule has 4 nitrogen and oxygen atoms in total. The van der Waals surface area contributed by atoms with Gasteiger partial charge in [0, 0.05) is 11.6 Å². The van der Waals surface area contributed by atoms with Crippen molar-refractivity contribution in [3.05, 3.63) is 28.2 Å². The van der Waals surface area contributed by atoms with Gasteiger partial charge in [0.15, 0.2) is 0 Å². The number of nitrogens with one attached hydrogen (secondary N) is 1. The van der Waals surface area contributed by atoms with Crippen LogP contribution in [0.4, 0.5) is 0 Å². The smallest absolute Gasteiger partial charge is 0.251 e. The van der Waals surface area contributed by atoms with Crippen molar-refractivity contribution in [3.8, 4) is 5.75 Å². The van der Waals surface area contributed by atoms with E-state index in [-0.39, 0.29) is 17.7 Å². The Morgan fingerprint density at radius 3 is 2.94 bits per heavy atom. The molecule has 4 N–H and O–H groups in total. The molecule has 1 aliphatic rings. The van der Waals surface area contributed by atoms with E-state index < -0.39 is 0 Å². The van der Waals surface area contributed by atoms with Gasteiger partial charge in [-0.2, -0.15) is 0 Å². The first-order chi connectivity index (χ1) is 8.61. The molecule has 0 aromatic heterocycles. The highest BCUT2D eigenvalue weighted by atomic mass is 79.9. The number of phenols is 1. The molecule has 1 saturated carbocycles. The maximum Gasteiger partial charge on any atom is 0.251 e. The average Bonchev–Trinajstić information content (AvgIpc) is 2.79. The fourth-order valence-corrected chi connectivity index (χ4v) is 2.66. The summed E-state index contributed by atoms with van der Waals surface area (Å²) in [5.41, 5.74) is 6.16. The molecule has 1 aliphatic carbocycles. The van der Waals surface area contributed by atoms with Crippen LogP contribution in [0.25, 0.3) is 0 Å². The standard InChI is InChI=1S/C13H17BrN2O2/c14-10-5-4-8(6-12(10)17)13(18)16-11-3-1-2-9(11)7-15/h4-6,9,11,17H,1-3,7,15H2,(H,16,18). The fraction of sp³-hybridized carbons (Fsp3) is 0.462. The number of amides is 1. The highest BCUT2D eigenvalue weighted by Gasteiger charge is 2.27. The number of phenolic OH excluding ortho intramolecular Hbond substituents is 1. The Morgan fingerprint density at radius 1 is 1.50 bits per heavy atom. The number of carbonyl (C=O) groups is 1. The predicted octanol–water partition coefficient (Wildman–Crippen LogP) is 2.01. The highest BCUT2D eigenvalue weighted by molar-refractivity contribution is 9.10. The van der Waals surface area contributed by atoms with E-state index in [0.29, 0.717) is 22.5 Å². The normalized spacial score (nSPS) is 23.0. The Hall–Kier alpha value is -1.07. The first-order valence-electron chi connectivity index (χ1n) is 6.11. The minimum atomic E-state index is -0.150. The third-order valence-electron chi connectivity index (χ3n) is 3.49. The number of nitrogens with two attached hydrogens (primary N) is 1. The lowest BCUT2D eigenvalue weighted by Crippen LogP contribution is -2.39. The van der Waals surface area contributed by atoms with Gasteiger partial charge in [0.05, 0.1) is 4.47 Å². The van der Waals surface area contributed by atoms with Crippen LogP contribution in [0.1, 0.15) is 29.6 Å². The summed E-state index contributed by atoms with van der Waals surface area (Å²) in [4.78, 5) is 12.0. The van der Waals surface area contributed by atoms with Crippen molar-refractivity contribution in [2.75, 3.05) is 6.54 Å². The van der Waals surface area contributed by atoms with Crippen LogP contribution in [0.3, 0.4) is 0 Å². The highest BCUT2D eigenvalue weighted by Crippen LogP contribution is 2.26. The van der Waals surface area contributed by atoms with Gasteiger partial charge >= 0.3 is 0 Å². The van der Waals surface area contributed by atoms with Crippen LogP contribution in [0.2, 0.25) is 0 Å². The van der Waals surface area contributed by atoms with Gasteiger partial charge in [0.1, 0.15) is 5.75 Å². The number of hydrogen-bond donors (Lipinski definition) is 3. The lowest BCUT2D eigenvalue weighted by atomic mass is 10.0. The van der Waals surface area contributed by atoms with Crippen LogP contribution >= 0.6 is 15.9 Å². The summed E-state index contributed by atoms with van der Waals surface area (Å²) in [6.07, 6.45) is 3.17. The molecule has 1 aromatic carbocycles. The average molecular weight is 313 g/mol. The quantitative estimate of drug-likeness (QED) is 0.799. The van der Waals surface area contributed by atoms with E-state index in [0.717, 1.165) is 19.3 Å². The minimum absolute atomic E-state index is 0.0736. The Labute approximate surface area is 115 Å². The van der Waals surface area contributed by atoms with E-state index in [4.69, 9.17) is 5.73 Å². The molecule has 2 atom stereocenters. The molecule has 0 saturated heterocycles. The molecule has 0 spiro atoms. The van der Waals surface area contributed by atoms with E-state index in [1.54, 1.807) is 12.1 Å². The summed E-state index contributed by atoms with van der Waals surface area (Å²) in [6.45, 7) is 0.608. The SMILES string of the molecule is NCC1CCCC1NC(=O)c1ccc(Br)c(O)c1. The molecule has 1 amide bonds. The second kappa shape index (κ2) is 5.71. The van der Waals surface area contributed by atoms with Gasteiger partial charge < -0.3 is 16.2 Å². The van der Waals surface area contributed by atoms with E-state index in [2.05, 4.69) is 21.2 Å². The molecule has 5 heteroatoms. The minimum Gasteiger partial charge on any atom is -0.507 e. The van der Waals surface area contributed by atoms with Gasteiger partial charge in [-0.1, -0.05) is 6.42 Å². The van der Waals surface area contributed by atoms with Crippen LogP contribution in [-0.2, 0) is 0 Å².